The summed E-state index contributed by atoms with van der Waals surface area (Å²) < 4.78 is 2.64. The zero-order valence-electron chi connectivity index (χ0n) is 12.1. The van der Waals surface area contributed by atoms with Crippen LogP contribution in [0, 0.1) is 0 Å². The van der Waals surface area contributed by atoms with Crippen LogP contribution in [0.3, 0.4) is 0 Å². The molecule has 0 unspecified atom stereocenters. The van der Waals surface area contributed by atoms with Gasteiger partial charge in [-0.1, -0.05) is 6.92 Å². The van der Waals surface area contributed by atoms with Crippen molar-refractivity contribution in [1.29, 1.82) is 0 Å². The Bertz CT molecular complexity index is 626. The smallest absolute Gasteiger partial charge is 0.255 e. The normalized spacial score (nSPS) is 10.4. The van der Waals surface area contributed by atoms with E-state index in [4.69, 9.17) is 0 Å². The van der Waals surface area contributed by atoms with Crippen LogP contribution < -0.4 is 10.6 Å². The topological polar surface area (TPSA) is 71.8 Å². The minimum Gasteiger partial charge on any atom is -0.369 e. The molecule has 0 spiro atoms. The predicted molar refractivity (Wildman–Crippen MR) is 85.1 cm³/mol. The van der Waals surface area contributed by atoms with E-state index < -0.39 is 0 Å². The molecule has 1 amide bonds. The number of rotatable bonds is 6. The fraction of sp³-hybridized carbons (Fsp3) is 0.357. The molecule has 0 atom stereocenters. The van der Waals surface area contributed by atoms with E-state index in [1.54, 1.807) is 18.5 Å². The first kappa shape index (κ1) is 15.5. The van der Waals surface area contributed by atoms with Crippen LogP contribution in [0.25, 0.3) is 0 Å². The van der Waals surface area contributed by atoms with Gasteiger partial charge in [0.15, 0.2) is 0 Å². The third-order valence-corrected chi connectivity index (χ3v) is 3.40. The van der Waals surface area contributed by atoms with Gasteiger partial charge in [-0.2, -0.15) is 0 Å². The number of carbonyl (C=O) groups is 1. The lowest BCUT2D eigenvalue weighted by molar-refractivity contribution is 0.0950. The van der Waals surface area contributed by atoms with Crippen molar-refractivity contribution in [3.05, 3.63) is 40.5 Å². The molecule has 2 aromatic heterocycles. The quantitative estimate of drug-likeness (QED) is 0.837. The summed E-state index contributed by atoms with van der Waals surface area (Å²) in [5.41, 5.74) is 0.520. The highest BCUT2D eigenvalue weighted by atomic mass is 79.9. The van der Waals surface area contributed by atoms with Crippen LogP contribution in [0.2, 0.25) is 0 Å². The van der Waals surface area contributed by atoms with Crippen LogP contribution in [0.4, 0.5) is 5.82 Å². The van der Waals surface area contributed by atoms with Crippen molar-refractivity contribution >= 4 is 27.7 Å². The molecule has 0 saturated heterocycles. The van der Waals surface area contributed by atoms with Gasteiger partial charge in [-0.15, -0.1) is 0 Å². The second-order valence-corrected chi connectivity index (χ2v) is 5.53. The van der Waals surface area contributed by atoms with Crippen molar-refractivity contribution in [3.63, 3.8) is 0 Å². The summed E-state index contributed by atoms with van der Waals surface area (Å²) in [4.78, 5) is 20.8. The van der Waals surface area contributed by atoms with Crippen molar-refractivity contribution in [2.45, 2.75) is 19.9 Å². The molecule has 0 aliphatic rings. The largest absolute Gasteiger partial charge is 0.369 e. The summed E-state index contributed by atoms with van der Waals surface area (Å²) in [6.45, 7) is 3.21. The monoisotopic (exact) mass is 351 g/mol. The molecular formula is C14H18BrN5O. The number of hydrogen-bond acceptors (Lipinski definition) is 4. The molecule has 6 nitrogen and oxygen atoms in total. The van der Waals surface area contributed by atoms with E-state index in [1.165, 1.54) is 0 Å². The molecule has 112 valence electrons. The van der Waals surface area contributed by atoms with Crippen LogP contribution in [-0.2, 0) is 13.6 Å². The average Bonchev–Trinajstić information content (AvgIpc) is 2.88. The summed E-state index contributed by atoms with van der Waals surface area (Å²) in [6, 6.07) is 1.76. The summed E-state index contributed by atoms with van der Waals surface area (Å²) in [6.07, 6.45) is 6.19. The SMILES string of the molecule is CCCNc1ncc(Br)cc1C(=O)NCc1nccn1C. The van der Waals surface area contributed by atoms with Gasteiger partial charge in [0, 0.05) is 36.7 Å². The van der Waals surface area contributed by atoms with Gasteiger partial charge in [0.2, 0.25) is 0 Å². The number of anilines is 1. The molecule has 0 radical (unpaired) electrons. The number of aromatic nitrogens is 3. The lowest BCUT2D eigenvalue weighted by Crippen LogP contribution is -2.25. The van der Waals surface area contributed by atoms with Crippen molar-refractivity contribution in [2.75, 3.05) is 11.9 Å². The molecule has 0 aliphatic heterocycles. The number of halogens is 1. The highest BCUT2D eigenvalue weighted by molar-refractivity contribution is 9.10. The van der Waals surface area contributed by atoms with E-state index in [-0.39, 0.29) is 5.91 Å². The molecule has 21 heavy (non-hydrogen) atoms. The molecular weight excluding hydrogens is 334 g/mol. The first-order valence-electron chi connectivity index (χ1n) is 6.75. The number of carbonyl (C=O) groups excluding carboxylic acids is 1. The molecule has 0 saturated carbocycles. The van der Waals surface area contributed by atoms with Crippen LogP contribution in [0.1, 0.15) is 29.5 Å². The van der Waals surface area contributed by atoms with Gasteiger partial charge in [-0.25, -0.2) is 9.97 Å². The highest BCUT2D eigenvalue weighted by Gasteiger charge is 2.13. The van der Waals surface area contributed by atoms with Crippen molar-refractivity contribution in [3.8, 4) is 0 Å². The number of amides is 1. The summed E-state index contributed by atoms with van der Waals surface area (Å²) >= 11 is 3.35. The van der Waals surface area contributed by atoms with E-state index in [9.17, 15) is 4.79 Å². The van der Waals surface area contributed by atoms with E-state index in [0.717, 1.165) is 23.3 Å². The van der Waals surface area contributed by atoms with Gasteiger partial charge in [-0.3, -0.25) is 4.79 Å². The number of pyridine rings is 1. The maximum Gasteiger partial charge on any atom is 0.255 e. The molecule has 0 fully saturated rings. The maximum absolute atomic E-state index is 12.3. The Balaban J connectivity index is 2.10. The molecule has 7 heteroatoms. The predicted octanol–water partition coefficient (Wildman–Crippen LogP) is 2.33. The van der Waals surface area contributed by atoms with Crippen LogP contribution in [-0.4, -0.2) is 27.0 Å². The van der Waals surface area contributed by atoms with Crippen LogP contribution in [0.15, 0.2) is 29.1 Å². The second-order valence-electron chi connectivity index (χ2n) is 4.61. The van der Waals surface area contributed by atoms with Crippen LogP contribution >= 0.6 is 15.9 Å². The fourth-order valence-electron chi connectivity index (χ4n) is 1.82. The van der Waals surface area contributed by atoms with E-state index >= 15 is 0 Å². The van der Waals surface area contributed by atoms with Gasteiger partial charge in [0.05, 0.1) is 12.1 Å². The molecule has 2 heterocycles. The fourth-order valence-corrected chi connectivity index (χ4v) is 2.15. The number of aryl methyl sites for hydroxylation is 1. The third-order valence-electron chi connectivity index (χ3n) is 2.97. The van der Waals surface area contributed by atoms with Gasteiger partial charge >= 0.3 is 0 Å². The van der Waals surface area contributed by atoms with E-state index in [1.807, 2.05) is 17.8 Å². The van der Waals surface area contributed by atoms with Crippen LogP contribution in [0.5, 0.6) is 0 Å². The molecule has 0 aliphatic carbocycles. The molecule has 0 bridgehead atoms. The number of nitrogens with one attached hydrogen (secondary N) is 2. The Morgan fingerprint density at radius 3 is 2.90 bits per heavy atom. The minimum absolute atomic E-state index is 0.176. The Hall–Kier alpha value is -1.89. The molecule has 0 aromatic carbocycles. The Morgan fingerprint density at radius 2 is 2.24 bits per heavy atom. The Kier molecular flexibility index (Phi) is 5.32. The van der Waals surface area contributed by atoms with Gasteiger partial charge < -0.3 is 15.2 Å². The summed E-state index contributed by atoms with van der Waals surface area (Å²) in [7, 11) is 1.89. The molecule has 2 aromatic rings. The van der Waals surface area contributed by atoms with Crippen molar-refractivity contribution in [2.24, 2.45) is 7.05 Å². The third kappa shape index (κ3) is 4.04. The Morgan fingerprint density at radius 1 is 1.43 bits per heavy atom. The number of hydrogen-bond donors (Lipinski definition) is 2. The lowest BCUT2D eigenvalue weighted by atomic mass is 10.2. The zero-order chi connectivity index (χ0) is 15.2. The average molecular weight is 352 g/mol. The summed E-state index contributed by atoms with van der Waals surface area (Å²) in [5.74, 6) is 1.22. The number of imidazole rings is 1. The first-order valence-corrected chi connectivity index (χ1v) is 7.55. The second kappa shape index (κ2) is 7.21. The first-order chi connectivity index (χ1) is 10.1. The molecule has 2 rings (SSSR count). The molecule has 2 N–H and O–H groups in total. The van der Waals surface area contributed by atoms with E-state index in [2.05, 4.69) is 43.5 Å². The van der Waals surface area contributed by atoms with E-state index in [0.29, 0.717) is 17.9 Å². The number of nitrogens with zero attached hydrogens (tertiary/aromatic N) is 3. The van der Waals surface area contributed by atoms with Gasteiger partial charge in [0.25, 0.3) is 5.91 Å². The highest BCUT2D eigenvalue weighted by Crippen LogP contribution is 2.18. The minimum atomic E-state index is -0.176. The maximum atomic E-state index is 12.3. The van der Waals surface area contributed by atoms with Crippen molar-refractivity contribution in [1.82, 2.24) is 19.9 Å². The summed E-state index contributed by atoms with van der Waals surface area (Å²) in [5, 5.41) is 6.03. The Labute approximate surface area is 132 Å². The van der Waals surface area contributed by atoms with Gasteiger partial charge in [-0.05, 0) is 28.4 Å². The zero-order valence-corrected chi connectivity index (χ0v) is 13.6. The van der Waals surface area contributed by atoms with Gasteiger partial charge in [0.1, 0.15) is 11.6 Å². The standard InChI is InChI=1S/C14H18BrN5O/c1-3-4-17-13-11(7-10(15)8-18-13)14(21)19-9-12-16-5-6-20(12)2/h5-8H,3-4,9H2,1-2H3,(H,17,18)(H,19,21). The van der Waals surface area contributed by atoms with Crippen molar-refractivity contribution < 1.29 is 4.79 Å². The lowest BCUT2D eigenvalue weighted by Gasteiger charge is -2.11.